The summed E-state index contributed by atoms with van der Waals surface area (Å²) in [7, 11) is 0. The van der Waals surface area contributed by atoms with E-state index in [0.29, 0.717) is 22.4 Å². The first-order valence-corrected chi connectivity index (χ1v) is 10.9. The van der Waals surface area contributed by atoms with Gasteiger partial charge in [0.15, 0.2) is 6.61 Å². The summed E-state index contributed by atoms with van der Waals surface area (Å²) in [5.74, 6) is -2.56. The molecular formula is C22H22BrFN4O5. The van der Waals surface area contributed by atoms with Gasteiger partial charge in [0.2, 0.25) is 0 Å². The SMILES string of the molecule is O=C(COc1ccccc1/C=N\NC(=O)C(=O)NC[C@@H]1CCCO1)Nc1ccc(Br)cc1F. The summed E-state index contributed by atoms with van der Waals surface area (Å²) in [6.07, 6.45) is 2.98. The normalized spacial score (nSPS) is 15.3. The first-order chi connectivity index (χ1) is 15.9. The fourth-order valence-corrected chi connectivity index (χ4v) is 3.28. The molecule has 1 aliphatic heterocycles. The van der Waals surface area contributed by atoms with Crippen molar-refractivity contribution in [3.8, 4) is 5.75 Å². The summed E-state index contributed by atoms with van der Waals surface area (Å²) >= 11 is 3.15. The van der Waals surface area contributed by atoms with Crippen LogP contribution < -0.4 is 20.8 Å². The van der Waals surface area contributed by atoms with Crippen LogP contribution in [0.15, 0.2) is 52.0 Å². The highest BCUT2D eigenvalue weighted by atomic mass is 79.9. The highest BCUT2D eigenvalue weighted by molar-refractivity contribution is 9.10. The van der Waals surface area contributed by atoms with Gasteiger partial charge in [0, 0.05) is 23.2 Å². The smallest absolute Gasteiger partial charge is 0.329 e. The lowest BCUT2D eigenvalue weighted by atomic mass is 10.2. The van der Waals surface area contributed by atoms with Gasteiger partial charge in [-0.15, -0.1) is 0 Å². The van der Waals surface area contributed by atoms with Crippen LogP contribution in [-0.4, -0.2) is 49.8 Å². The number of hydrazone groups is 1. The number of amides is 3. The molecule has 33 heavy (non-hydrogen) atoms. The molecule has 2 aromatic carbocycles. The van der Waals surface area contributed by atoms with E-state index in [1.807, 2.05) is 0 Å². The maximum absolute atomic E-state index is 13.9. The Morgan fingerprint density at radius 1 is 1.21 bits per heavy atom. The van der Waals surface area contributed by atoms with Crippen molar-refractivity contribution in [1.29, 1.82) is 0 Å². The second-order valence-corrected chi connectivity index (χ2v) is 7.96. The molecule has 1 aliphatic rings. The van der Waals surface area contributed by atoms with E-state index in [1.165, 1.54) is 18.3 Å². The third kappa shape index (κ3) is 7.65. The monoisotopic (exact) mass is 520 g/mol. The van der Waals surface area contributed by atoms with Crippen molar-refractivity contribution in [2.75, 3.05) is 25.1 Å². The van der Waals surface area contributed by atoms with Crippen molar-refractivity contribution in [2.45, 2.75) is 18.9 Å². The predicted octanol–water partition coefficient (Wildman–Crippen LogP) is 2.35. The molecule has 0 unspecified atom stereocenters. The minimum atomic E-state index is -0.918. The molecule has 1 heterocycles. The fourth-order valence-electron chi connectivity index (χ4n) is 2.94. The topological polar surface area (TPSA) is 118 Å². The summed E-state index contributed by atoms with van der Waals surface area (Å²) in [6.45, 7) is 0.540. The molecular weight excluding hydrogens is 499 g/mol. The Bertz CT molecular complexity index is 1040. The Morgan fingerprint density at radius 3 is 2.79 bits per heavy atom. The van der Waals surface area contributed by atoms with Gasteiger partial charge in [0.05, 0.1) is 18.0 Å². The maximum atomic E-state index is 13.9. The lowest BCUT2D eigenvalue weighted by molar-refractivity contribution is -0.139. The summed E-state index contributed by atoms with van der Waals surface area (Å²) < 4.78 is 25.3. The molecule has 0 saturated carbocycles. The molecule has 0 aromatic heterocycles. The molecule has 3 amide bonds. The molecule has 174 valence electrons. The predicted molar refractivity (Wildman–Crippen MR) is 122 cm³/mol. The van der Waals surface area contributed by atoms with E-state index in [2.05, 4.69) is 37.1 Å². The van der Waals surface area contributed by atoms with Gasteiger partial charge in [-0.05, 0) is 43.2 Å². The van der Waals surface area contributed by atoms with Crippen molar-refractivity contribution in [1.82, 2.24) is 10.7 Å². The molecule has 0 radical (unpaired) electrons. The number of ether oxygens (including phenoxy) is 2. The number of anilines is 1. The summed E-state index contributed by atoms with van der Waals surface area (Å²) in [5.41, 5.74) is 2.63. The van der Waals surface area contributed by atoms with E-state index in [4.69, 9.17) is 9.47 Å². The fraction of sp³-hybridized carbons (Fsp3) is 0.273. The van der Waals surface area contributed by atoms with Crippen LogP contribution in [0, 0.1) is 5.82 Å². The molecule has 2 aromatic rings. The average Bonchev–Trinajstić information content (AvgIpc) is 3.32. The molecule has 11 heteroatoms. The molecule has 3 N–H and O–H groups in total. The van der Waals surface area contributed by atoms with Crippen LogP contribution in [0.3, 0.4) is 0 Å². The van der Waals surface area contributed by atoms with Gasteiger partial charge in [-0.2, -0.15) is 5.10 Å². The number of halogens is 2. The number of carbonyl (C=O) groups is 3. The van der Waals surface area contributed by atoms with Gasteiger partial charge >= 0.3 is 11.8 Å². The highest BCUT2D eigenvalue weighted by Gasteiger charge is 2.19. The van der Waals surface area contributed by atoms with Crippen molar-refractivity contribution >= 4 is 45.6 Å². The summed E-state index contributed by atoms with van der Waals surface area (Å²) in [6, 6.07) is 10.9. The number of hydrogen-bond donors (Lipinski definition) is 3. The Morgan fingerprint density at radius 2 is 2.03 bits per heavy atom. The van der Waals surface area contributed by atoms with E-state index in [1.54, 1.807) is 30.3 Å². The lowest BCUT2D eigenvalue weighted by Gasteiger charge is -2.10. The zero-order valence-electron chi connectivity index (χ0n) is 17.5. The van der Waals surface area contributed by atoms with Crippen molar-refractivity contribution in [3.05, 3.63) is 58.3 Å². The molecule has 1 saturated heterocycles. The van der Waals surface area contributed by atoms with Gasteiger partial charge in [0.25, 0.3) is 5.91 Å². The third-order valence-electron chi connectivity index (χ3n) is 4.57. The lowest BCUT2D eigenvalue weighted by Crippen LogP contribution is -2.41. The minimum absolute atomic E-state index is 0.0298. The Kier molecular flexibility index (Phi) is 8.90. The van der Waals surface area contributed by atoms with Gasteiger partial charge < -0.3 is 20.1 Å². The van der Waals surface area contributed by atoms with E-state index < -0.39 is 23.5 Å². The Balaban J connectivity index is 1.48. The van der Waals surface area contributed by atoms with E-state index in [9.17, 15) is 18.8 Å². The van der Waals surface area contributed by atoms with Crippen LogP contribution in [0.5, 0.6) is 5.75 Å². The first kappa shape index (κ1) is 24.3. The number of carbonyl (C=O) groups excluding carboxylic acids is 3. The largest absolute Gasteiger partial charge is 0.483 e. The molecule has 0 spiro atoms. The number of benzene rings is 2. The van der Waals surface area contributed by atoms with Crippen LogP contribution in [0.1, 0.15) is 18.4 Å². The number of nitrogens with one attached hydrogen (secondary N) is 3. The first-order valence-electron chi connectivity index (χ1n) is 10.1. The van der Waals surface area contributed by atoms with Crippen LogP contribution in [0.4, 0.5) is 10.1 Å². The average molecular weight is 521 g/mol. The quantitative estimate of drug-likeness (QED) is 0.280. The molecule has 9 nitrogen and oxygen atoms in total. The summed E-state index contributed by atoms with van der Waals surface area (Å²) in [4.78, 5) is 35.8. The number of para-hydroxylation sites is 1. The molecule has 1 fully saturated rings. The van der Waals surface area contributed by atoms with Crippen molar-refractivity contribution in [2.24, 2.45) is 5.10 Å². The van der Waals surface area contributed by atoms with E-state index >= 15 is 0 Å². The van der Waals surface area contributed by atoms with Gasteiger partial charge in [0.1, 0.15) is 11.6 Å². The zero-order chi connectivity index (χ0) is 23.6. The van der Waals surface area contributed by atoms with Crippen molar-refractivity contribution in [3.63, 3.8) is 0 Å². The van der Waals surface area contributed by atoms with Crippen LogP contribution >= 0.6 is 15.9 Å². The Hall–Kier alpha value is -3.31. The minimum Gasteiger partial charge on any atom is -0.483 e. The van der Waals surface area contributed by atoms with Crippen molar-refractivity contribution < 1.29 is 28.2 Å². The van der Waals surface area contributed by atoms with E-state index in [0.717, 1.165) is 12.8 Å². The maximum Gasteiger partial charge on any atom is 0.329 e. The number of nitrogens with zero attached hydrogens (tertiary/aromatic N) is 1. The molecule has 1 atom stereocenters. The zero-order valence-corrected chi connectivity index (χ0v) is 19.1. The van der Waals surface area contributed by atoms with Gasteiger partial charge in [-0.25, -0.2) is 9.82 Å². The van der Waals surface area contributed by atoms with Crippen LogP contribution in [0.2, 0.25) is 0 Å². The molecule has 3 rings (SSSR count). The highest BCUT2D eigenvalue weighted by Crippen LogP contribution is 2.20. The Labute approximate surface area is 197 Å². The summed E-state index contributed by atoms with van der Waals surface area (Å²) in [5, 5.41) is 8.69. The van der Waals surface area contributed by atoms with Crippen LogP contribution in [0.25, 0.3) is 0 Å². The number of rotatable bonds is 8. The second-order valence-electron chi connectivity index (χ2n) is 7.04. The third-order valence-corrected chi connectivity index (χ3v) is 5.07. The van der Waals surface area contributed by atoms with Gasteiger partial charge in [-0.1, -0.05) is 28.1 Å². The van der Waals surface area contributed by atoms with Gasteiger partial charge in [-0.3, -0.25) is 14.4 Å². The second kappa shape index (κ2) is 12.1. The van der Waals surface area contributed by atoms with E-state index in [-0.39, 0.29) is 24.9 Å². The number of hydrogen-bond acceptors (Lipinski definition) is 6. The van der Waals surface area contributed by atoms with Crippen LogP contribution in [-0.2, 0) is 19.1 Å². The molecule has 0 bridgehead atoms. The molecule has 0 aliphatic carbocycles. The standard InChI is InChI=1S/C22H22BrFN4O5/c23-15-7-8-18(17(24)10-15)27-20(29)13-33-19-6-2-1-4-14(19)11-26-28-22(31)21(30)25-12-16-5-3-9-32-16/h1-2,4,6-8,10-11,16H,3,5,9,12-13H2,(H,25,30)(H,27,29)(H,28,31)/b26-11-/t16-/m0/s1.